The van der Waals surface area contributed by atoms with Gasteiger partial charge in [-0.15, -0.1) is 0 Å². The van der Waals surface area contributed by atoms with Crippen molar-refractivity contribution in [1.29, 1.82) is 0 Å². The third-order valence-electron chi connectivity index (χ3n) is 6.71. The van der Waals surface area contributed by atoms with Crippen molar-refractivity contribution in [1.82, 2.24) is 25.4 Å². The van der Waals surface area contributed by atoms with Crippen LogP contribution in [0.3, 0.4) is 0 Å². The number of rotatable bonds is 9. The molecule has 2 fully saturated rings. The Kier molecular flexibility index (Phi) is 10.4. The van der Waals surface area contributed by atoms with Crippen LogP contribution in [0.5, 0.6) is 0 Å². The van der Waals surface area contributed by atoms with Gasteiger partial charge in [0, 0.05) is 6.54 Å². The molecule has 5 amide bonds. The Morgan fingerprint density at radius 3 is 2.10 bits per heavy atom. The van der Waals surface area contributed by atoms with Crippen molar-refractivity contribution in [3.05, 3.63) is 35.9 Å². The Morgan fingerprint density at radius 2 is 1.52 bits per heavy atom. The number of hydrogen-bond acceptors (Lipinski definition) is 10. The van der Waals surface area contributed by atoms with Crippen molar-refractivity contribution in [2.24, 2.45) is 11.8 Å². The number of carbonyl (C=O) groups excluding carboxylic acids is 6. The average Bonchev–Trinajstić information content (AvgIpc) is 2.86. The lowest BCUT2D eigenvalue weighted by Crippen LogP contribution is -2.74. The number of piperazine rings is 2. The van der Waals surface area contributed by atoms with Crippen LogP contribution < -0.4 is 5.43 Å². The highest BCUT2D eigenvalue weighted by molar-refractivity contribution is 6.05. The summed E-state index contributed by atoms with van der Waals surface area (Å²) in [5.41, 5.74) is 2.51. The van der Waals surface area contributed by atoms with E-state index in [1.807, 2.05) is 30.3 Å². The van der Waals surface area contributed by atoms with Crippen molar-refractivity contribution in [2.45, 2.75) is 79.2 Å². The number of hydrogen-bond donors (Lipinski definition) is 1. The van der Waals surface area contributed by atoms with Gasteiger partial charge in [-0.25, -0.2) is 9.80 Å². The third kappa shape index (κ3) is 7.91. The number of imide groups is 2. The van der Waals surface area contributed by atoms with Gasteiger partial charge < -0.3 is 9.47 Å². The second-order valence-electron chi connectivity index (χ2n) is 12.0. The fraction of sp³-hybridized carbons (Fsp3) is 0.586. The van der Waals surface area contributed by atoms with E-state index in [9.17, 15) is 28.8 Å². The first kappa shape index (κ1) is 32.7. The second kappa shape index (κ2) is 13.4. The van der Waals surface area contributed by atoms with Crippen LogP contribution in [0.1, 0.15) is 60.5 Å². The minimum atomic E-state index is -1.02. The molecular formula is C29H41N5O8. The lowest BCUT2D eigenvalue weighted by Gasteiger charge is -2.49. The van der Waals surface area contributed by atoms with Crippen LogP contribution in [0, 0.1) is 11.8 Å². The molecule has 1 aromatic rings. The summed E-state index contributed by atoms with van der Waals surface area (Å²) in [7, 11) is 0. The van der Waals surface area contributed by atoms with Crippen LogP contribution in [0.15, 0.2) is 30.3 Å². The number of nitrogens with one attached hydrogen (secondary N) is 1. The van der Waals surface area contributed by atoms with Crippen molar-refractivity contribution in [3.8, 4) is 0 Å². The molecule has 2 saturated heterocycles. The quantitative estimate of drug-likeness (QED) is 0.336. The van der Waals surface area contributed by atoms with Crippen LogP contribution in [0.2, 0.25) is 0 Å². The summed E-state index contributed by atoms with van der Waals surface area (Å²) in [4.78, 5) is 79.6. The fourth-order valence-electron chi connectivity index (χ4n) is 4.94. The van der Waals surface area contributed by atoms with Crippen molar-refractivity contribution < 1.29 is 38.2 Å². The minimum absolute atomic E-state index is 0.0694. The smallest absolute Gasteiger partial charge is 0.422 e. The minimum Gasteiger partial charge on any atom is -0.461 e. The molecule has 0 unspecified atom stereocenters. The maximum atomic E-state index is 13.8. The van der Waals surface area contributed by atoms with E-state index in [1.54, 1.807) is 48.5 Å². The van der Waals surface area contributed by atoms with Crippen molar-refractivity contribution in [3.63, 3.8) is 0 Å². The first-order valence-electron chi connectivity index (χ1n) is 14.0. The number of nitrogens with zero attached hydrogens (tertiary/aromatic N) is 4. The lowest BCUT2D eigenvalue weighted by molar-refractivity contribution is -0.194. The largest absolute Gasteiger partial charge is 0.461 e. The highest BCUT2D eigenvalue weighted by Gasteiger charge is 2.51. The summed E-state index contributed by atoms with van der Waals surface area (Å²) >= 11 is 0. The maximum absolute atomic E-state index is 13.8. The Bertz CT molecular complexity index is 1200. The second-order valence-corrected chi connectivity index (χ2v) is 12.0. The highest BCUT2D eigenvalue weighted by Crippen LogP contribution is 2.27. The summed E-state index contributed by atoms with van der Waals surface area (Å²) in [6.45, 7) is 11.1. The van der Waals surface area contributed by atoms with Gasteiger partial charge in [0.05, 0.1) is 13.0 Å². The normalized spacial score (nSPS) is 20.9. The van der Waals surface area contributed by atoms with E-state index in [0.717, 1.165) is 15.5 Å². The van der Waals surface area contributed by atoms with Crippen molar-refractivity contribution >= 4 is 35.7 Å². The molecular weight excluding hydrogens is 546 g/mol. The molecule has 230 valence electrons. The van der Waals surface area contributed by atoms with E-state index in [2.05, 4.69) is 5.43 Å². The maximum Gasteiger partial charge on any atom is 0.422 e. The Balaban J connectivity index is 1.73. The van der Waals surface area contributed by atoms with Gasteiger partial charge in [0.2, 0.25) is 11.8 Å². The summed E-state index contributed by atoms with van der Waals surface area (Å²) < 4.78 is 10.5. The molecule has 0 bridgehead atoms. The van der Waals surface area contributed by atoms with Crippen LogP contribution >= 0.6 is 0 Å². The highest BCUT2D eigenvalue weighted by atomic mass is 16.6. The van der Waals surface area contributed by atoms with Crippen LogP contribution in [0.4, 0.5) is 4.79 Å². The van der Waals surface area contributed by atoms with E-state index >= 15 is 0 Å². The molecule has 13 heteroatoms. The lowest BCUT2D eigenvalue weighted by atomic mass is 9.97. The van der Waals surface area contributed by atoms with Gasteiger partial charge in [-0.2, -0.15) is 10.0 Å². The van der Waals surface area contributed by atoms with E-state index in [4.69, 9.17) is 9.47 Å². The molecule has 2 aliphatic heterocycles. The molecule has 0 aromatic heterocycles. The van der Waals surface area contributed by atoms with E-state index < -0.39 is 65.8 Å². The molecule has 1 aromatic carbocycles. The summed E-state index contributed by atoms with van der Waals surface area (Å²) in [6, 6.07) is 7.13. The molecule has 0 aliphatic carbocycles. The topological polar surface area (TPSA) is 146 Å². The van der Waals surface area contributed by atoms with Gasteiger partial charge in [-0.05, 0) is 38.2 Å². The predicted octanol–water partition coefficient (Wildman–Crippen LogP) is 1.87. The zero-order valence-corrected chi connectivity index (χ0v) is 25.3. The number of ether oxygens (including phenoxy) is 2. The number of hydrazine groups is 2. The van der Waals surface area contributed by atoms with Gasteiger partial charge in [0.25, 0.3) is 11.8 Å². The van der Waals surface area contributed by atoms with Gasteiger partial charge in [0.1, 0.15) is 30.8 Å². The Morgan fingerprint density at radius 1 is 0.905 bits per heavy atom. The van der Waals surface area contributed by atoms with Crippen LogP contribution in [-0.2, 0) is 40.1 Å². The molecule has 1 N–H and O–H groups in total. The standard InChI is InChI=1S/C29H41N5O8/c1-18(2)24-27(39)34(22(36)15-32(24)30-28(40)42-29(5,6)7)33-16-21(35)31(26(38)25(33)19(3)4)14-13-23(37)41-17-20-11-9-8-10-12-20/h8-12,18-19,24-25H,13-17H2,1-7H3,(H,30,40)/t24-,25-/m0/s1. The van der Waals surface area contributed by atoms with Gasteiger partial charge >= 0.3 is 12.1 Å². The molecule has 13 nitrogen and oxygen atoms in total. The zero-order valence-electron chi connectivity index (χ0n) is 25.3. The van der Waals surface area contributed by atoms with Crippen LogP contribution in [-0.4, -0.2) is 92.9 Å². The van der Waals surface area contributed by atoms with E-state index in [-0.39, 0.29) is 32.0 Å². The molecule has 3 rings (SSSR count). The molecule has 42 heavy (non-hydrogen) atoms. The zero-order chi connectivity index (χ0) is 31.4. The first-order valence-corrected chi connectivity index (χ1v) is 14.0. The Hall–Kier alpha value is -3.84. The van der Waals surface area contributed by atoms with E-state index in [1.165, 1.54) is 10.0 Å². The summed E-state index contributed by atoms with van der Waals surface area (Å²) in [5, 5.41) is 3.31. The first-order chi connectivity index (χ1) is 19.6. The van der Waals surface area contributed by atoms with Gasteiger partial charge in [0.15, 0.2) is 0 Å². The number of amides is 5. The fourth-order valence-corrected chi connectivity index (χ4v) is 4.94. The number of benzene rings is 1. The molecule has 2 heterocycles. The molecule has 0 radical (unpaired) electrons. The molecule has 2 atom stereocenters. The summed E-state index contributed by atoms with van der Waals surface area (Å²) in [6.07, 6.45) is -1.01. The monoisotopic (exact) mass is 587 g/mol. The van der Waals surface area contributed by atoms with Crippen molar-refractivity contribution in [2.75, 3.05) is 19.6 Å². The average molecular weight is 588 g/mol. The predicted molar refractivity (Wildman–Crippen MR) is 149 cm³/mol. The Labute approximate surface area is 246 Å². The summed E-state index contributed by atoms with van der Waals surface area (Å²) in [5.74, 6) is -3.97. The molecule has 2 aliphatic rings. The third-order valence-corrected chi connectivity index (χ3v) is 6.71. The van der Waals surface area contributed by atoms with Crippen LogP contribution in [0.25, 0.3) is 0 Å². The molecule has 0 spiro atoms. The molecule has 0 saturated carbocycles. The van der Waals surface area contributed by atoms with E-state index in [0.29, 0.717) is 0 Å². The van der Waals surface area contributed by atoms with Gasteiger partial charge in [-0.3, -0.25) is 34.3 Å². The SMILES string of the molecule is CC(C)[C@H]1C(=O)N(N2CC(=O)N(CCC(=O)OCc3ccccc3)C(=O)[C@@H]2C(C)C)C(=O)CN1NC(=O)OC(C)(C)C. The number of esters is 1. The van der Waals surface area contributed by atoms with Gasteiger partial charge in [-0.1, -0.05) is 58.0 Å². The number of carbonyl (C=O) groups is 6.